The predicted molar refractivity (Wildman–Crippen MR) is 107 cm³/mol. The number of hydrogen-bond donors (Lipinski definition) is 1. The molecule has 1 aliphatic rings. The van der Waals surface area contributed by atoms with E-state index in [1.165, 1.54) is 31.5 Å². The lowest BCUT2D eigenvalue weighted by molar-refractivity contribution is 0.102. The topological polar surface area (TPSA) is 32.3 Å². The molecule has 0 aliphatic carbocycles. The number of piperidine rings is 1. The molecule has 0 radical (unpaired) electrons. The van der Waals surface area contributed by atoms with Crippen LogP contribution < -0.4 is 5.32 Å². The van der Waals surface area contributed by atoms with E-state index in [9.17, 15) is 4.79 Å². The van der Waals surface area contributed by atoms with E-state index in [0.717, 1.165) is 21.7 Å². The first-order valence-corrected chi connectivity index (χ1v) is 9.56. The van der Waals surface area contributed by atoms with E-state index in [1.54, 1.807) is 0 Å². The Bertz CT molecular complexity index is 682. The molecule has 0 saturated carbocycles. The predicted octanol–water partition coefficient (Wildman–Crippen LogP) is 4.78. The average molecular weight is 434 g/mol. The first-order valence-electron chi connectivity index (χ1n) is 8.48. The summed E-state index contributed by atoms with van der Waals surface area (Å²) in [5.41, 5.74) is 2.80. The third kappa shape index (κ3) is 4.80. The lowest BCUT2D eigenvalue weighted by Crippen LogP contribution is -2.33. The molecule has 2 aromatic carbocycles. The van der Waals surface area contributed by atoms with Crippen molar-refractivity contribution < 1.29 is 4.79 Å². The fourth-order valence-corrected chi connectivity index (χ4v) is 3.55. The standard InChI is InChI=1S/C20H23IN2O/c1-15-3-2-12-23(13-15)14-16-4-6-17(7-5-16)20(24)22-19-10-8-18(21)9-11-19/h4-11,15H,2-3,12-14H2,1H3,(H,22,24). The lowest BCUT2D eigenvalue weighted by Gasteiger charge is -2.30. The Kier molecular flexibility index (Phi) is 5.89. The Hall–Kier alpha value is -1.40. The Morgan fingerprint density at radius 3 is 2.54 bits per heavy atom. The van der Waals surface area contributed by atoms with Crippen LogP contribution in [0.3, 0.4) is 0 Å². The second-order valence-electron chi connectivity index (χ2n) is 6.64. The summed E-state index contributed by atoms with van der Waals surface area (Å²) in [5.74, 6) is 0.729. The van der Waals surface area contributed by atoms with Gasteiger partial charge in [0, 0.05) is 27.9 Å². The monoisotopic (exact) mass is 434 g/mol. The summed E-state index contributed by atoms with van der Waals surface area (Å²) in [7, 11) is 0. The van der Waals surface area contributed by atoms with Gasteiger partial charge in [-0.05, 0) is 89.9 Å². The molecule has 1 aliphatic heterocycles. The molecule has 3 rings (SSSR count). The number of carbonyl (C=O) groups excluding carboxylic acids is 1. The van der Waals surface area contributed by atoms with Crippen LogP contribution in [0.5, 0.6) is 0 Å². The fraction of sp³-hybridized carbons (Fsp3) is 0.350. The van der Waals surface area contributed by atoms with Crippen LogP contribution in [0.4, 0.5) is 5.69 Å². The molecule has 0 bridgehead atoms. The van der Waals surface area contributed by atoms with Gasteiger partial charge in [-0.15, -0.1) is 0 Å². The van der Waals surface area contributed by atoms with Gasteiger partial charge in [0.05, 0.1) is 0 Å². The van der Waals surface area contributed by atoms with Crippen molar-refractivity contribution in [3.63, 3.8) is 0 Å². The summed E-state index contributed by atoms with van der Waals surface area (Å²) in [5, 5.41) is 2.94. The Morgan fingerprint density at radius 1 is 1.17 bits per heavy atom. The van der Waals surface area contributed by atoms with Crippen molar-refractivity contribution in [2.45, 2.75) is 26.3 Å². The van der Waals surface area contributed by atoms with Gasteiger partial charge in [-0.25, -0.2) is 0 Å². The third-order valence-corrected chi connectivity index (χ3v) is 5.18. The quantitative estimate of drug-likeness (QED) is 0.703. The number of nitrogens with zero attached hydrogens (tertiary/aromatic N) is 1. The van der Waals surface area contributed by atoms with Crippen LogP contribution >= 0.6 is 22.6 Å². The normalized spacial score (nSPS) is 18.3. The molecule has 2 aromatic rings. The minimum absolute atomic E-state index is 0.0608. The second kappa shape index (κ2) is 8.12. The highest BCUT2D eigenvalue weighted by molar-refractivity contribution is 14.1. The first kappa shape index (κ1) is 17.4. The minimum Gasteiger partial charge on any atom is -0.322 e. The van der Waals surface area contributed by atoms with E-state index in [0.29, 0.717) is 5.56 Å². The molecule has 1 saturated heterocycles. The highest BCUT2D eigenvalue weighted by Gasteiger charge is 2.16. The van der Waals surface area contributed by atoms with E-state index in [1.807, 2.05) is 36.4 Å². The summed E-state index contributed by atoms with van der Waals surface area (Å²) in [6.45, 7) is 5.65. The molecule has 126 valence electrons. The Labute approximate surface area is 157 Å². The van der Waals surface area contributed by atoms with Crippen LogP contribution in [0.2, 0.25) is 0 Å². The number of halogens is 1. The third-order valence-electron chi connectivity index (χ3n) is 4.47. The molecule has 24 heavy (non-hydrogen) atoms. The molecule has 3 nitrogen and oxygen atoms in total. The molecular formula is C20H23IN2O. The summed E-state index contributed by atoms with van der Waals surface area (Å²) in [6.07, 6.45) is 2.63. The second-order valence-corrected chi connectivity index (χ2v) is 7.89. The van der Waals surface area contributed by atoms with Crippen molar-refractivity contribution in [3.8, 4) is 0 Å². The highest BCUT2D eigenvalue weighted by atomic mass is 127. The van der Waals surface area contributed by atoms with Crippen LogP contribution in [0.25, 0.3) is 0 Å². The van der Waals surface area contributed by atoms with Crippen molar-refractivity contribution >= 4 is 34.2 Å². The van der Waals surface area contributed by atoms with E-state index < -0.39 is 0 Å². The molecule has 0 aromatic heterocycles. The molecule has 1 N–H and O–H groups in total. The molecule has 1 heterocycles. The Balaban J connectivity index is 1.59. The van der Waals surface area contributed by atoms with Crippen LogP contribution in [0.15, 0.2) is 48.5 Å². The number of hydrogen-bond acceptors (Lipinski definition) is 2. The van der Waals surface area contributed by atoms with Crippen LogP contribution in [-0.4, -0.2) is 23.9 Å². The van der Waals surface area contributed by atoms with Gasteiger partial charge in [-0.2, -0.15) is 0 Å². The molecule has 1 unspecified atom stereocenters. The van der Waals surface area contributed by atoms with Gasteiger partial charge in [-0.1, -0.05) is 19.1 Å². The average Bonchev–Trinajstić information content (AvgIpc) is 2.57. The van der Waals surface area contributed by atoms with Crippen molar-refractivity contribution in [2.24, 2.45) is 5.92 Å². The van der Waals surface area contributed by atoms with Crippen LogP contribution in [0, 0.1) is 9.49 Å². The number of anilines is 1. The van der Waals surface area contributed by atoms with E-state index in [-0.39, 0.29) is 5.91 Å². The summed E-state index contributed by atoms with van der Waals surface area (Å²) < 4.78 is 1.15. The van der Waals surface area contributed by atoms with Gasteiger partial charge >= 0.3 is 0 Å². The van der Waals surface area contributed by atoms with E-state index >= 15 is 0 Å². The van der Waals surface area contributed by atoms with Gasteiger partial charge < -0.3 is 5.32 Å². The number of amides is 1. The van der Waals surface area contributed by atoms with E-state index in [4.69, 9.17) is 0 Å². The van der Waals surface area contributed by atoms with Gasteiger partial charge in [-0.3, -0.25) is 9.69 Å². The fourth-order valence-electron chi connectivity index (χ4n) is 3.19. The van der Waals surface area contributed by atoms with Crippen molar-refractivity contribution in [1.29, 1.82) is 0 Å². The van der Waals surface area contributed by atoms with Crippen molar-refractivity contribution in [2.75, 3.05) is 18.4 Å². The minimum atomic E-state index is -0.0608. The van der Waals surface area contributed by atoms with Crippen LogP contribution in [-0.2, 0) is 6.54 Å². The zero-order valence-corrected chi connectivity index (χ0v) is 16.1. The maximum atomic E-state index is 12.3. The molecule has 1 fully saturated rings. The number of likely N-dealkylation sites (tertiary alicyclic amines) is 1. The SMILES string of the molecule is CC1CCCN(Cc2ccc(C(=O)Nc3ccc(I)cc3)cc2)C1. The molecule has 1 atom stereocenters. The van der Waals surface area contributed by atoms with Gasteiger partial charge in [0.2, 0.25) is 0 Å². The molecule has 0 spiro atoms. The molecule has 4 heteroatoms. The molecular weight excluding hydrogens is 411 g/mol. The van der Waals surface area contributed by atoms with Crippen LogP contribution in [0.1, 0.15) is 35.7 Å². The maximum absolute atomic E-state index is 12.3. The summed E-state index contributed by atoms with van der Waals surface area (Å²) in [4.78, 5) is 14.8. The van der Waals surface area contributed by atoms with Gasteiger partial charge in [0.25, 0.3) is 5.91 Å². The van der Waals surface area contributed by atoms with E-state index in [2.05, 4.69) is 51.9 Å². The molecule has 1 amide bonds. The zero-order valence-electron chi connectivity index (χ0n) is 14.0. The first-order chi connectivity index (χ1) is 11.6. The summed E-state index contributed by atoms with van der Waals surface area (Å²) >= 11 is 2.25. The van der Waals surface area contributed by atoms with Gasteiger partial charge in [0.1, 0.15) is 0 Å². The number of benzene rings is 2. The Morgan fingerprint density at radius 2 is 1.88 bits per heavy atom. The number of nitrogens with one attached hydrogen (secondary N) is 1. The van der Waals surface area contributed by atoms with Gasteiger partial charge in [0.15, 0.2) is 0 Å². The largest absolute Gasteiger partial charge is 0.322 e. The van der Waals surface area contributed by atoms with Crippen molar-refractivity contribution in [1.82, 2.24) is 4.90 Å². The zero-order chi connectivity index (χ0) is 16.9. The smallest absolute Gasteiger partial charge is 0.255 e. The van der Waals surface area contributed by atoms with Crippen molar-refractivity contribution in [3.05, 3.63) is 63.2 Å². The summed E-state index contributed by atoms with van der Waals surface area (Å²) in [6, 6.07) is 15.8. The maximum Gasteiger partial charge on any atom is 0.255 e. The lowest BCUT2D eigenvalue weighted by atomic mass is 9.99. The number of rotatable bonds is 4. The highest BCUT2D eigenvalue weighted by Crippen LogP contribution is 2.18. The number of carbonyl (C=O) groups is 1.